The minimum absolute atomic E-state index is 0.0316. The molecule has 1 aliphatic rings. The van der Waals surface area contributed by atoms with Crippen LogP contribution in [-0.4, -0.2) is 16.7 Å². The van der Waals surface area contributed by atoms with Gasteiger partial charge in [-0.25, -0.2) is 4.79 Å². The fourth-order valence-corrected chi connectivity index (χ4v) is 3.35. The zero-order chi connectivity index (χ0) is 23.8. The van der Waals surface area contributed by atoms with Crippen molar-refractivity contribution in [3.8, 4) is 11.5 Å². The highest BCUT2D eigenvalue weighted by molar-refractivity contribution is 6.14. The molecule has 0 amide bonds. The lowest BCUT2D eigenvalue weighted by atomic mass is 9.86. The van der Waals surface area contributed by atoms with E-state index in [1.807, 2.05) is 24.3 Å². The monoisotopic (exact) mass is 443 g/mol. The number of Topliss-reactive ketones (excluding diaryl/α,β-unsaturated/α-hetero) is 1. The predicted molar refractivity (Wildman–Crippen MR) is 123 cm³/mol. The van der Waals surface area contributed by atoms with Crippen LogP contribution >= 0.6 is 0 Å². The van der Waals surface area contributed by atoms with Crippen LogP contribution in [0.5, 0.6) is 11.5 Å². The van der Waals surface area contributed by atoms with Crippen molar-refractivity contribution < 1.29 is 24.0 Å². The van der Waals surface area contributed by atoms with Crippen LogP contribution in [0.4, 0.5) is 5.69 Å². The second-order valence-corrected chi connectivity index (χ2v) is 8.66. The van der Waals surface area contributed by atoms with E-state index in [2.05, 4.69) is 20.8 Å². The number of carbonyl (C=O) groups is 2. The number of hydrogen-bond acceptors (Lipinski definition) is 6. The summed E-state index contributed by atoms with van der Waals surface area (Å²) in [6.45, 7) is 6.40. The first-order chi connectivity index (χ1) is 15.6. The summed E-state index contributed by atoms with van der Waals surface area (Å²) < 4.78 is 11.1. The summed E-state index contributed by atoms with van der Waals surface area (Å²) in [7, 11) is 0. The van der Waals surface area contributed by atoms with Crippen LogP contribution in [0.2, 0.25) is 0 Å². The maximum atomic E-state index is 12.7. The highest BCUT2D eigenvalue weighted by Crippen LogP contribution is 2.35. The van der Waals surface area contributed by atoms with E-state index >= 15 is 0 Å². The number of fused-ring (bicyclic) bond motifs is 1. The first-order valence-electron chi connectivity index (χ1n) is 10.3. The number of carbonyl (C=O) groups excluding carboxylic acids is 2. The minimum Gasteiger partial charge on any atom is -0.452 e. The molecule has 4 rings (SSSR count). The predicted octanol–water partition coefficient (Wildman–Crippen LogP) is 5.73. The Hall–Kier alpha value is -4.26. The van der Waals surface area contributed by atoms with Crippen LogP contribution in [0.1, 0.15) is 52.6 Å². The second kappa shape index (κ2) is 8.35. The van der Waals surface area contributed by atoms with Crippen molar-refractivity contribution in [2.45, 2.75) is 26.2 Å². The molecule has 166 valence electrons. The molecule has 0 atom stereocenters. The molecular weight excluding hydrogens is 422 g/mol. The number of esters is 1. The van der Waals surface area contributed by atoms with Gasteiger partial charge >= 0.3 is 5.97 Å². The number of rotatable bonds is 4. The van der Waals surface area contributed by atoms with Gasteiger partial charge in [-0.3, -0.25) is 14.9 Å². The van der Waals surface area contributed by atoms with E-state index in [1.54, 1.807) is 12.1 Å². The molecule has 1 aliphatic heterocycles. The molecule has 0 bridgehead atoms. The topological polar surface area (TPSA) is 95.7 Å². The quantitative estimate of drug-likeness (QED) is 0.168. The number of ether oxygens (including phenoxy) is 2. The van der Waals surface area contributed by atoms with Crippen molar-refractivity contribution in [3.63, 3.8) is 0 Å². The first-order valence-corrected chi connectivity index (χ1v) is 10.3. The number of non-ortho nitro benzene ring substituents is 1. The van der Waals surface area contributed by atoms with E-state index in [4.69, 9.17) is 9.47 Å². The number of benzene rings is 3. The van der Waals surface area contributed by atoms with E-state index in [1.165, 1.54) is 42.0 Å². The maximum absolute atomic E-state index is 12.7. The molecule has 7 nitrogen and oxygen atoms in total. The van der Waals surface area contributed by atoms with Crippen molar-refractivity contribution in [2.75, 3.05) is 0 Å². The Morgan fingerprint density at radius 1 is 1.00 bits per heavy atom. The van der Waals surface area contributed by atoms with Crippen molar-refractivity contribution >= 4 is 23.5 Å². The standard InChI is InChI=1S/C26H21NO6/c1-26(2,3)18-8-4-16(5-9-18)14-23-24(28)21-13-12-20(15-22(21)33-23)32-25(29)17-6-10-19(11-7-17)27(30)31/h4-15H,1-3H3/b23-14-. The highest BCUT2D eigenvalue weighted by atomic mass is 16.6. The van der Waals surface area contributed by atoms with E-state index in [9.17, 15) is 19.7 Å². The SMILES string of the molecule is CC(C)(C)c1ccc(/C=C2\Oc3cc(OC(=O)c4ccc([N+](=O)[O-])cc4)ccc3C2=O)cc1. The van der Waals surface area contributed by atoms with Gasteiger partial charge in [0, 0.05) is 18.2 Å². The highest BCUT2D eigenvalue weighted by Gasteiger charge is 2.28. The Balaban J connectivity index is 1.50. The van der Waals surface area contributed by atoms with Crippen molar-refractivity contribution in [1.29, 1.82) is 0 Å². The Kier molecular flexibility index (Phi) is 5.55. The summed E-state index contributed by atoms with van der Waals surface area (Å²) in [6.07, 6.45) is 1.68. The lowest BCUT2D eigenvalue weighted by Gasteiger charge is -2.18. The molecule has 3 aromatic carbocycles. The molecule has 33 heavy (non-hydrogen) atoms. The lowest BCUT2D eigenvalue weighted by Crippen LogP contribution is -2.10. The van der Waals surface area contributed by atoms with Crippen LogP contribution in [0.3, 0.4) is 0 Å². The molecule has 0 saturated carbocycles. The van der Waals surface area contributed by atoms with E-state index < -0.39 is 10.9 Å². The Labute approximate surface area is 190 Å². The average molecular weight is 443 g/mol. The molecule has 0 unspecified atom stereocenters. The number of nitro groups is 1. The normalized spacial score (nSPS) is 14.0. The Morgan fingerprint density at radius 3 is 2.27 bits per heavy atom. The molecule has 7 heteroatoms. The fourth-order valence-electron chi connectivity index (χ4n) is 3.35. The molecule has 0 radical (unpaired) electrons. The van der Waals surface area contributed by atoms with Crippen LogP contribution in [-0.2, 0) is 5.41 Å². The van der Waals surface area contributed by atoms with Gasteiger partial charge in [0.25, 0.3) is 5.69 Å². The van der Waals surface area contributed by atoms with Gasteiger partial charge in [-0.05, 0) is 46.9 Å². The molecular formula is C26H21NO6. The fraction of sp³-hybridized carbons (Fsp3) is 0.154. The Morgan fingerprint density at radius 2 is 1.67 bits per heavy atom. The number of nitro benzene ring substituents is 1. The summed E-state index contributed by atoms with van der Waals surface area (Å²) in [5.41, 5.74) is 2.47. The number of nitrogens with zero attached hydrogens (tertiary/aromatic N) is 1. The summed E-state index contributed by atoms with van der Waals surface area (Å²) in [5, 5.41) is 10.7. The van der Waals surface area contributed by atoms with Gasteiger partial charge in [0.2, 0.25) is 5.78 Å². The smallest absolute Gasteiger partial charge is 0.343 e. The second-order valence-electron chi connectivity index (χ2n) is 8.66. The minimum atomic E-state index is -0.677. The van der Waals surface area contributed by atoms with E-state index in [0.717, 1.165) is 5.56 Å². The summed E-state index contributed by atoms with van der Waals surface area (Å²) >= 11 is 0. The van der Waals surface area contributed by atoms with Crippen molar-refractivity contribution in [2.24, 2.45) is 0 Å². The summed E-state index contributed by atoms with van der Waals surface area (Å²) in [6, 6.07) is 17.5. The Bertz CT molecular complexity index is 1280. The number of hydrogen-bond donors (Lipinski definition) is 0. The third-order valence-corrected chi connectivity index (χ3v) is 5.24. The molecule has 3 aromatic rings. The van der Waals surface area contributed by atoms with E-state index in [0.29, 0.717) is 11.3 Å². The van der Waals surface area contributed by atoms with Gasteiger partial charge < -0.3 is 9.47 Å². The summed E-state index contributed by atoms with van der Waals surface area (Å²) in [5.74, 6) is -0.249. The van der Waals surface area contributed by atoms with Crippen LogP contribution in [0.25, 0.3) is 6.08 Å². The van der Waals surface area contributed by atoms with Gasteiger partial charge in [-0.2, -0.15) is 0 Å². The largest absolute Gasteiger partial charge is 0.452 e. The van der Waals surface area contributed by atoms with Crippen LogP contribution in [0, 0.1) is 10.1 Å². The van der Waals surface area contributed by atoms with Gasteiger partial charge in [0.05, 0.1) is 16.1 Å². The molecule has 0 N–H and O–H groups in total. The molecule has 0 aromatic heterocycles. The third kappa shape index (κ3) is 4.67. The molecule has 0 saturated heterocycles. The number of ketones is 1. The zero-order valence-corrected chi connectivity index (χ0v) is 18.3. The molecule has 1 heterocycles. The van der Waals surface area contributed by atoms with Crippen LogP contribution < -0.4 is 9.47 Å². The van der Waals surface area contributed by atoms with Gasteiger partial charge in [0.1, 0.15) is 11.5 Å². The third-order valence-electron chi connectivity index (χ3n) is 5.24. The van der Waals surface area contributed by atoms with Crippen LogP contribution in [0.15, 0.2) is 72.5 Å². The van der Waals surface area contributed by atoms with E-state index in [-0.39, 0.29) is 34.0 Å². The van der Waals surface area contributed by atoms with Gasteiger partial charge in [-0.1, -0.05) is 45.0 Å². The number of allylic oxidation sites excluding steroid dienone is 1. The van der Waals surface area contributed by atoms with Gasteiger partial charge in [0.15, 0.2) is 5.76 Å². The van der Waals surface area contributed by atoms with Crippen molar-refractivity contribution in [3.05, 3.63) is 105 Å². The molecule has 0 spiro atoms. The maximum Gasteiger partial charge on any atom is 0.343 e. The first kappa shape index (κ1) is 22.0. The molecule has 0 aliphatic carbocycles. The summed E-state index contributed by atoms with van der Waals surface area (Å²) in [4.78, 5) is 35.3. The zero-order valence-electron chi connectivity index (χ0n) is 18.3. The molecule has 0 fully saturated rings. The average Bonchev–Trinajstić information content (AvgIpc) is 3.08. The van der Waals surface area contributed by atoms with Crippen molar-refractivity contribution in [1.82, 2.24) is 0 Å². The van der Waals surface area contributed by atoms with Gasteiger partial charge in [-0.15, -0.1) is 0 Å². The lowest BCUT2D eigenvalue weighted by molar-refractivity contribution is -0.384.